The van der Waals surface area contributed by atoms with Gasteiger partial charge in [-0.2, -0.15) is 0 Å². The van der Waals surface area contributed by atoms with E-state index in [-0.39, 0.29) is 6.10 Å². The van der Waals surface area contributed by atoms with Gasteiger partial charge in [-0.05, 0) is 56.8 Å². The smallest absolute Gasteiger partial charge is 0.194 e. The van der Waals surface area contributed by atoms with Crippen LogP contribution in [0.2, 0.25) is 0 Å². The lowest BCUT2D eigenvalue weighted by molar-refractivity contribution is 0.187. The van der Waals surface area contributed by atoms with E-state index in [0.29, 0.717) is 0 Å². The number of nitrogens with one attached hydrogen (secondary N) is 1. The molecular formula is C16H29N3O. The third-order valence-corrected chi connectivity index (χ3v) is 5.44. The van der Waals surface area contributed by atoms with Crippen LogP contribution in [0.25, 0.3) is 0 Å². The van der Waals surface area contributed by atoms with E-state index < -0.39 is 0 Å². The normalized spacial score (nSPS) is 36.9. The van der Waals surface area contributed by atoms with E-state index in [4.69, 9.17) is 4.99 Å². The van der Waals surface area contributed by atoms with Gasteiger partial charge in [-0.15, -0.1) is 0 Å². The molecule has 0 aromatic heterocycles. The lowest BCUT2D eigenvalue weighted by Gasteiger charge is -2.23. The number of likely N-dealkylation sites (tertiary alicyclic amines) is 1. The molecule has 1 heterocycles. The number of nitrogens with zero attached hydrogens (tertiary/aromatic N) is 2. The van der Waals surface area contributed by atoms with Crippen molar-refractivity contribution in [1.29, 1.82) is 0 Å². The first-order chi connectivity index (χ1) is 9.76. The van der Waals surface area contributed by atoms with Crippen molar-refractivity contribution >= 4 is 5.96 Å². The maximum absolute atomic E-state index is 9.66. The van der Waals surface area contributed by atoms with Crippen LogP contribution < -0.4 is 5.32 Å². The Morgan fingerprint density at radius 2 is 2.20 bits per heavy atom. The van der Waals surface area contributed by atoms with Gasteiger partial charge in [0.1, 0.15) is 0 Å². The molecule has 1 saturated heterocycles. The number of aliphatic imine (C=N–C) groups is 1. The molecule has 4 heteroatoms. The fourth-order valence-corrected chi connectivity index (χ4v) is 4.43. The van der Waals surface area contributed by atoms with Crippen LogP contribution in [0.5, 0.6) is 0 Å². The Balaban J connectivity index is 1.49. The van der Waals surface area contributed by atoms with E-state index in [2.05, 4.69) is 17.1 Å². The van der Waals surface area contributed by atoms with Gasteiger partial charge in [-0.3, -0.25) is 4.99 Å². The lowest BCUT2D eigenvalue weighted by atomic mass is 9.86. The minimum absolute atomic E-state index is 0.176. The Morgan fingerprint density at radius 3 is 2.80 bits per heavy atom. The molecule has 2 N–H and O–H groups in total. The molecule has 0 aromatic rings. The lowest BCUT2D eigenvalue weighted by Crippen LogP contribution is -2.40. The molecular weight excluding hydrogens is 250 g/mol. The van der Waals surface area contributed by atoms with Crippen LogP contribution in [0.15, 0.2) is 4.99 Å². The predicted octanol–water partition coefficient (Wildman–Crippen LogP) is 1.84. The van der Waals surface area contributed by atoms with E-state index in [1.54, 1.807) is 0 Å². The fraction of sp³-hybridized carbons (Fsp3) is 0.938. The Morgan fingerprint density at radius 1 is 1.30 bits per heavy atom. The summed E-state index contributed by atoms with van der Waals surface area (Å²) in [5, 5.41) is 13.0. The second-order valence-electron chi connectivity index (χ2n) is 6.85. The zero-order chi connectivity index (χ0) is 13.9. The van der Waals surface area contributed by atoms with Crippen molar-refractivity contribution in [3.05, 3.63) is 0 Å². The van der Waals surface area contributed by atoms with Gasteiger partial charge < -0.3 is 15.3 Å². The van der Waals surface area contributed by atoms with E-state index in [0.717, 1.165) is 56.3 Å². The summed E-state index contributed by atoms with van der Waals surface area (Å²) in [5.74, 6) is 3.99. The van der Waals surface area contributed by atoms with Crippen molar-refractivity contribution in [1.82, 2.24) is 10.2 Å². The van der Waals surface area contributed by atoms with Crippen LogP contribution >= 0.6 is 0 Å². The summed E-state index contributed by atoms with van der Waals surface area (Å²) in [6.07, 6.45) is 7.86. The molecule has 1 aliphatic heterocycles. The maximum Gasteiger partial charge on any atom is 0.194 e. The fourth-order valence-electron chi connectivity index (χ4n) is 4.43. The molecule has 0 radical (unpaired) electrons. The average molecular weight is 279 g/mol. The van der Waals surface area contributed by atoms with Crippen LogP contribution in [0.1, 0.15) is 45.4 Å². The third-order valence-electron chi connectivity index (χ3n) is 5.44. The van der Waals surface area contributed by atoms with Crippen molar-refractivity contribution in [2.24, 2.45) is 22.7 Å². The van der Waals surface area contributed by atoms with Crippen molar-refractivity contribution < 1.29 is 5.11 Å². The second-order valence-corrected chi connectivity index (χ2v) is 6.85. The van der Waals surface area contributed by atoms with E-state index >= 15 is 0 Å². The van der Waals surface area contributed by atoms with Crippen LogP contribution in [-0.2, 0) is 0 Å². The summed E-state index contributed by atoms with van der Waals surface area (Å²) in [6.45, 7) is 5.63. The van der Waals surface area contributed by atoms with Crippen LogP contribution in [0.4, 0.5) is 0 Å². The van der Waals surface area contributed by atoms with Gasteiger partial charge >= 0.3 is 0 Å². The maximum atomic E-state index is 9.66. The van der Waals surface area contributed by atoms with E-state index in [9.17, 15) is 5.11 Å². The first kappa shape index (κ1) is 14.2. The third kappa shape index (κ3) is 3.11. The summed E-state index contributed by atoms with van der Waals surface area (Å²) < 4.78 is 0. The molecule has 2 bridgehead atoms. The zero-order valence-corrected chi connectivity index (χ0v) is 12.7. The number of β-amino-alcohol motifs (C(OH)–C–C–N with tert-alkyl or cyclic N) is 1. The van der Waals surface area contributed by atoms with Crippen molar-refractivity contribution in [3.8, 4) is 0 Å². The quantitative estimate of drug-likeness (QED) is 0.610. The summed E-state index contributed by atoms with van der Waals surface area (Å²) >= 11 is 0. The Hall–Kier alpha value is -0.770. The van der Waals surface area contributed by atoms with Crippen molar-refractivity contribution in [3.63, 3.8) is 0 Å². The summed E-state index contributed by atoms with van der Waals surface area (Å²) in [4.78, 5) is 7.00. The topological polar surface area (TPSA) is 47.9 Å². The molecule has 3 unspecified atom stereocenters. The number of hydrogen-bond acceptors (Lipinski definition) is 2. The first-order valence-corrected chi connectivity index (χ1v) is 8.47. The van der Waals surface area contributed by atoms with Gasteiger partial charge in [0.25, 0.3) is 0 Å². The van der Waals surface area contributed by atoms with Gasteiger partial charge in [0.15, 0.2) is 5.96 Å². The van der Waals surface area contributed by atoms with Gasteiger partial charge in [-0.1, -0.05) is 6.42 Å². The molecule has 0 aromatic carbocycles. The minimum Gasteiger partial charge on any atom is -0.391 e. The van der Waals surface area contributed by atoms with Gasteiger partial charge in [-0.25, -0.2) is 0 Å². The SMILES string of the molecule is CCNC(=NCCC1CC2CCC1C2)N1CC[C@@H](O)C1. The number of hydrogen-bond donors (Lipinski definition) is 2. The van der Waals surface area contributed by atoms with Gasteiger partial charge in [0, 0.05) is 26.2 Å². The van der Waals surface area contributed by atoms with Gasteiger partial charge in [0.05, 0.1) is 6.10 Å². The highest BCUT2D eigenvalue weighted by Gasteiger charge is 2.38. The Kier molecular flexibility index (Phi) is 4.49. The molecule has 2 saturated carbocycles. The number of rotatable bonds is 4. The standard InChI is InChI=1S/C16H29N3O/c1-2-17-16(19-8-6-15(20)11-19)18-7-5-14-10-12-3-4-13(14)9-12/h12-15,20H,2-11H2,1H3,(H,17,18)/t12?,13?,14?,15-/m1/s1. The summed E-state index contributed by atoms with van der Waals surface area (Å²) in [7, 11) is 0. The van der Waals surface area contributed by atoms with Crippen LogP contribution in [0.3, 0.4) is 0 Å². The molecule has 3 fully saturated rings. The minimum atomic E-state index is -0.176. The van der Waals surface area contributed by atoms with E-state index in [1.165, 1.54) is 32.1 Å². The van der Waals surface area contributed by atoms with E-state index in [1.807, 2.05) is 0 Å². The molecule has 114 valence electrons. The van der Waals surface area contributed by atoms with Crippen LogP contribution in [0, 0.1) is 17.8 Å². The molecule has 3 rings (SSSR count). The molecule has 2 aliphatic carbocycles. The number of guanidine groups is 1. The highest BCUT2D eigenvalue weighted by molar-refractivity contribution is 5.80. The number of fused-ring (bicyclic) bond motifs is 2. The molecule has 4 atom stereocenters. The molecule has 3 aliphatic rings. The molecule has 20 heavy (non-hydrogen) atoms. The highest BCUT2D eigenvalue weighted by atomic mass is 16.3. The monoisotopic (exact) mass is 279 g/mol. The summed E-state index contributed by atoms with van der Waals surface area (Å²) in [6, 6.07) is 0. The molecule has 0 spiro atoms. The van der Waals surface area contributed by atoms with Crippen LogP contribution in [-0.4, -0.2) is 48.2 Å². The van der Waals surface area contributed by atoms with Crippen molar-refractivity contribution in [2.45, 2.75) is 51.6 Å². The first-order valence-electron chi connectivity index (χ1n) is 8.47. The van der Waals surface area contributed by atoms with Crippen molar-refractivity contribution in [2.75, 3.05) is 26.2 Å². The predicted molar refractivity (Wildman–Crippen MR) is 81.7 cm³/mol. The molecule has 0 amide bonds. The second kappa shape index (κ2) is 6.33. The number of aliphatic hydroxyl groups is 1. The average Bonchev–Trinajstić information content (AvgIpc) is 3.14. The zero-order valence-electron chi connectivity index (χ0n) is 12.7. The largest absolute Gasteiger partial charge is 0.391 e. The Bertz CT molecular complexity index is 358. The van der Waals surface area contributed by atoms with Gasteiger partial charge in [0.2, 0.25) is 0 Å². The Labute approximate surface area is 122 Å². The summed E-state index contributed by atoms with van der Waals surface area (Å²) in [5.41, 5.74) is 0. The highest BCUT2D eigenvalue weighted by Crippen LogP contribution is 2.49. The number of aliphatic hydroxyl groups excluding tert-OH is 1. The molecule has 4 nitrogen and oxygen atoms in total.